The van der Waals surface area contributed by atoms with E-state index in [0.29, 0.717) is 10.8 Å². The van der Waals surface area contributed by atoms with Gasteiger partial charge in [0.25, 0.3) is 8.32 Å². The first kappa shape index (κ1) is 23.7. The first-order chi connectivity index (χ1) is 16.6. The number of nitrogens with zero attached hydrogens (tertiary/aromatic N) is 4. The fourth-order valence-electron chi connectivity index (χ4n) is 5.74. The first-order valence-corrected chi connectivity index (χ1v) is 14.1. The lowest BCUT2D eigenvalue weighted by atomic mass is 9.86. The molecule has 0 aliphatic heterocycles. The van der Waals surface area contributed by atoms with Crippen LogP contribution >= 0.6 is 11.6 Å². The molecule has 1 aliphatic rings. The number of fused-ring (bicyclic) bond motifs is 3. The van der Waals surface area contributed by atoms with Gasteiger partial charge in [0, 0.05) is 23.2 Å². The van der Waals surface area contributed by atoms with E-state index in [1.165, 1.54) is 10.4 Å². The van der Waals surface area contributed by atoms with Gasteiger partial charge in [-0.25, -0.2) is 9.50 Å². The monoisotopic (exact) mass is 500 g/mol. The van der Waals surface area contributed by atoms with Crippen LogP contribution in [0, 0.1) is 11.3 Å². The molecule has 2 heterocycles. The Bertz CT molecular complexity index is 1380. The van der Waals surface area contributed by atoms with E-state index in [4.69, 9.17) is 16.0 Å². The molecular weight excluding hydrogens is 472 g/mol. The minimum Gasteiger partial charge on any atom is -0.402 e. The minimum absolute atomic E-state index is 0.205. The standard InChI is InChI=1S/C28H29ClN4OSi/c1-27(2,3)35(19-12-8-6-9-13-19,20-14-10-7-11-15-20)34-26-21(17-30)22-18-31-24-16-23(29)32-33(24)25(22)28(26,4)5/h6-16,18,21,26H,1-5H3. The highest BCUT2D eigenvalue weighted by Crippen LogP contribution is 2.50. The van der Waals surface area contributed by atoms with E-state index in [9.17, 15) is 5.26 Å². The summed E-state index contributed by atoms with van der Waals surface area (Å²) in [6.07, 6.45) is 1.40. The van der Waals surface area contributed by atoms with Crippen LogP contribution in [-0.2, 0) is 9.84 Å². The second kappa shape index (κ2) is 8.30. The van der Waals surface area contributed by atoms with Gasteiger partial charge in [-0.2, -0.15) is 10.4 Å². The highest BCUT2D eigenvalue weighted by molar-refractivity contribution is 6.99. The van der Waals surface area contributed by atoms with Crippen LogP contribution in [-0.4, -0.2) is 29.0 Å². The van der Waals surface area contributed by atoms with Crippen LogP contribution in [0.3, 0.4) is 0 Å². The van der Waals surface area contributed by atoms with Gasteiger partial charge in [-0.15, -0.1) is 0 Å². The average molecular weight is 501 g/mol. The van der Waals surface area contributed by atoms with Gasteiger partial charge >= 0.3 is 0 Å². The van der Waals surface area contributed by atoms with E-state index >= 15 is 0 Å². The second-order valence-electron chi connectivity index (χ2n) is 10.8. The summed E-state index contributed by atoms with van der Waals surface area (Å²) in [4.78, 5) is 4.55. The van der Waals surface area contributed by atoms with Crippen molar-refractivity contribution in [2.24, 2.45) is 0 Å². The number of nitriles is 1. The van der Waals surface area contributed by atoms with Crippen molar-refractivity contribution in [2.75, 3.05) is 0 Å². The van der Waals surface area contributed by atoms with Crippen LogP contribution in [0.5, 0.6) is 0 Å². The third-order valence-electron chi connectivity index (χ3n) is 7.30. The van der Waals surface area contributed by atoms with Crippen molar-refractivity contribution in [1.29, 1.82) is 5.26 Å². The number of aromatic nitrogens is 3. The van der Waals surface area contributed by atoms with Gasteiger partial charge in [0.15, 0.2) is 10.8 Å². The fourth-order valence-corrected chi connectivity index (χ4v) is 10.7. The molecule has 0 radical (unpaired) electrons. The third kappa shape index (κ3) is 3.53. The zero-order chi connectivity index (χ0) is 25.0. The molecule has 2 atom stereocenters. The van der Waals surface area contributed by atoms with Gasteiger partial charge in [-0.3, -0.25) is 0 Å². The minimum atomic E-state index is -2.89. The lowest BCUT2D eigenvalue weighted by Crippen LogP contribution is -2.68. The predicted octanol–water partition coefficient (Wildman–Crippen LogP) is 5.23. The van der Waals surface area contributed by atoms with Crippen molar-refractivity contribution in [3.63, 3.8) is 0 Å². The molecule has 1 aliphatic carbocycles. The SMILES string of the molecule is CC1(C)c2c(cnc3cc(Cl)nn23)C(C#N)C1O[Si](c1ccccc1)(c1ccccc1)C(C)(C)C. The van der Waals surface area contributed by atoms with Crippen molar-refractivity contribution in [3.05, 3.63) is 89.3 Å². The Morgan fingerprint density at radius 2 is 1.60 bits per heavy atom. The predicted molar refractivity (Wildman–Crippen MR) is 142 cm³/mol. The molecule has 2 aromatic carbocycles. The highest BCUT2D eigenvalue weighted by Gasteiger charge is 2.58. The maximum Gasteiger partial charge on any atom is 0.261 e. The Labute approximate surface area is 212 Å². The third-order valence-corrected chi connectivity index (χ3v) is 12.5. The molecule has 35 heavy (non-hydrogen) atoms. The molecule has 0 bridgehead atoms. The first-order valence-electron chi connectivity index (χ1n) is 11.8. The van der Waals surface area contributed by atoms with Crippen LogP contribution < -0.4 is 10.4 Å². The Morgan fingerprint density at radius 3 is 2.11 bits per heavy atom. The maximum absolute atomic E-state index is 10.4. The molecular formula is C28H29ClN4OSi. The number of hydrogen-bond acceptors (Lipinski definition) is 4. The molecule has 4 aromatic rings. The summed E-state index contributed by atoms with van der Waals surface area (Å²) in [5.74, 6) is -0.485. The van der Waals surface area contributed by atoms with E-state index < -0.39 is 25.8 Å². The van der Waals surface area contributed by atoms with Gasteiger partial charge in [0.2, 0.25) is 0 Å². The average Bonchev–Trinajstić information content (AvgIpc) is 3.30. The quantitative estimate of drug-likeness (QED) is 0.360. The van der Waals surface area contributed by atoms with E-state index in [1.54, 1.807) is 16.8 Å². The second-order valence-corrected chi connectivity index (χ2v) is 15.5. The number of rotatable bonds is 4. The topological polar surface area (TPSA) is 63.2 Å². The van der Waals surface area contributed by atoms with Crippen LogP contribution in [0.25, 0.3) is 5.65 Å². The van der Waals surface area contributed by atoms with Crippen LogP contribution in [0.1, 0.15) is 51.8 Å². The molecule has 0 spiro atoms. The molecule has 0 saturated carbocycles. The Kier molecular flexibility index (Phi) is 5.63. The van der Waals surface area contributed by atoms with E-state index in [0.717, 1.165) is 11.3 Å². The fraction of sp³-hybridized carbons (Fsp3) is 0.321. The molecule has 2 unspecified atom stereocenters. The summed E-state index contributed by atoms with van der Waals surface area (Å²) in [6.45, 7) is 11.0. The van der Waals surface area contributed by atoms with Gasteiger partial charge in [-0.1, -0.05) is 107 Å². The van der Waals surface area contributed by atoms with E-state index in [2.05, 4.69) is 99.3 Å². The van der Waals surface area contributed by atoms with Gasteiger partial charge in [0.1, 0.15) is 5.92 Å². The van der Waals surface area contributed by atoms with E-state index in [1.807, 2.05) is 12.1 Å². The smallest absolute Gasteiger partial charge is 0.261 e. The van der Waals surface area contributed by atoms with Crippen molar-refractivity contribution in [2.45, 2.75) is 57.1 Å². The lowest BCUT2D eigenvalue weighted by molar-refractivity contribution is 0.116. The van der Waals surface area contributed by atoms with Crippen LogP contribution in [0.15, 0.2) is 72.9 Å². The summed E-state index contributed by atoms with van der Waals surface area (Å²) < 4.78 is 9.30. The van der Waals surface area contributed by atoms with Gasteiger partial charge < -0.3 is 4.43 Å². The zero-order valence-corrected chi connectivity index (χ0v) is 22.4. The summed E-state index contributed by atoms with van der Waals surface area (Å²) in [6, 6.07) is 25.4. The Hall–Kier alpha value is -2.98. The highest BCUT2D eigenvalue weighted by atomic mass is 35.5. The molecule has 0 saturated heterocycles. The van der Waals surface area contributed by atoms with Crippen LogP contribution in [0.4, 0.5) is 0 Å². The van der Waals surface area contributed by atoms with Crippen molar-refractivity contribution in [3.8, 4) is 6.07 Å². The van der Waals surface area contributed by atoms with Gasteiger partial charge in [-0.05, 0) is 15.4 Å². The summed E-state index contributed by atoms with van der Waals surface area (Å²) >= 11 is 6.25. The largest absolute Gasteiger partial charge is 0.402 e. The molecule has 0 fully saturated rings. The number of halogens is 1. The van der Waals surface area contributed by atoms with Crippen molar-refractivity contribution in [1.82, 2.24) is 14.6 Å². The van der Waals surface area contributed by atoms with Crippen LogP contribution in [0.2, 0.25) is 10.2 Å². The van der Waals surface area contributed by atoms with Crippen molar-refractivity contribution < 1.29 is 4.43 Å². The summed E-state index contributed by atoms with van der Waals surface area (Å²) in [5.41, 5.74) is 1.94. The molecule has 5 rings (SSSR count). The summed E-state index contributed by atoms with van der Waals surface area (Å²) in [5, 5.41) is 17.5. The molecule has 7 heteroatoms. The maximum atomic E-state index is 10.4. The van der Waals surface area contributed by atoms with Crippen molar-refractivity contribution >= 4 is 35.9 Å². The molecule has 0 N–H and O–H groups in total. The molecule has 2 aromatic heterocycles. The normalized spacial score (nSPS) is 19.5. The Balaban J connectivity index is 1.76. The number of benzene rings is 2. The zero-order valence-electron chi connectivity index (χ0n) is 20.7. The summed E-state index contributed by atoms with van der Waals surface area (Å²) in [7, 11) is -2.89. The molecule has 178 valence electrons. The Morgan fingerprint density at radius 1 is 1.03 bits per heavy atom. The van der Waals surface area contributed by atoms with Gasteiger partial charge in [0.05, 0.1) is 17.9 Å². The molecule has 0 amide bonds. The van der Waals surface area contributed by atoms with E-state index in [-0.39, 0.29) is 5.04 Å². The number of hydrogen-bond donors (Lipinski definition) is 0. The molecule has 5 nitrogen and oxygen atoms in total. The lowest BCUT2D eigenvalue weighted by Gasteiger charge is -2.47.